The van der Waals surface area contributed by atoms with Crippen molar-refractivity contribution in [3.8, 4) is 17.2 Å². The topological polar surface area (TPSA) is 51.3 Å². The number of aromatic amines is 1. The molecule has 4 nitrogen and oxygen atoms in total. The minimum absolute atomic E-state index is 0.207. The second kappa shape index (κ2) is 7.00. The number of aryl methyl sites for hydroxylation is 1. The highest BCUT2D eigenvalue weighted by Crippen LogP contribution is 2.24. The van der Waals surface area contributed by atoms with Crippen molar-refractivity contribution in [1.29, 1.82) is 0 Å². The molecule has 24 heavy (non-hydrogen) atoms. The molecule has 122 valence electrons. The third-order valence-corrected chi connectivity index (χ3v) is 3.45. The summed E-state index contributed by atoms with van der Waals surface area (Å²) >= 11 is 0. The minimum Gasteiger partial charge on any atom is -0.489 e. The summed E-state index contributed by atoms with van der Waals surface area (Å²) in [5.41, 5.74) is 1.30. The van der Waals surface area contributed by atoms with Crippen LogP contribution in [-0.2, 0) is 6.61 Å². The van der Waals surface area contributed by atoms with Gasteiger partial charge >= 0.3 is 0 Å². The fourth-order valence-corrected chi connectivity index (χ4v) is 2.11. The molecule has 5 heteroatoms. The van der Waals surface area contributed by atoms with Gasteiger partial charge in [0.25, 0.3) is 5.56 Å². The van der Waals surface area contributed by atoms with Gasteiger partial charge in [0.1, 0.15) is 29.7 Å². The number of hydrogen-bond donors (Lipinski definition) is 1. The van der Waals surface area contributed by atoms with E-state index < -0.39 is 0 Å². The van der Waals surface area contributed by atoms with Crippen molar-refractivity contribution in [3.63, 3.8) is 0 Å². The third kappa shape index (κ3) is 4.01. The van der Waals surface area contributed by atoms with E-state index >= 15 is 0 Å². The van der Waals surface area contributed by atoms with Crippen LogP contribution in [0.4, 0.5) is 4.39 Å². The number of hydrogen-bond acceptors (Lipinski definition) is 3. The first-order valence-electron chi connectivity index (χ1n) is 7.45. The Kier molecular flexibility index (Phi) is 4.61. The Labute approximate surface area is 138 Å². The van der Waals surface area contributed by atoms with Gasteiger partial charge in [0.2, 0.25) is 0 Å². The molecule has 0 aliphatic heterocycles. The van der Waals surface area contributed by atoms with Gasteiger partial charge in [-0.25, -0.2) is 4.39 Å². The first-order valence-corrected chi connectivity index (χ1v) is 7.45. The zero-order valence-corrected chi connectivity index (χ0v) is 13.1. The molecular weight excluding hydrogens is 309 g/mol. The zero-order valence-electron chi connectivity index (χ0n) is 13.1. The maximum Gasteiger partial charge on any atom is 0.251 e. The Bertz CT molecular complexity index is 888. The normalized spacial score (nSPS) is 10.4. The van der Waals surface area contributed by atoms with Crippen LogP contribution in [0.15, 0.2) is 65.6 Å². The monoisotopic (exact) mass is 325 g/mol. The Hall–Kier alpha value is -3.08. The first-order chi connectivity index (χ1) is 11.6. The molecular formula is C19H16FNO3. The van der Waals surface area contributed by atoms with E-state index in [2.05, 4.69) is 4.98 Å². The molecule has 0 saturated carbocycles. The van der Waals surface area contributed by atoms with Crippen LogP contribution in [-0.4, -0.2) is 4.98 Å². The average molecular weight is 325 g/mol. The SMILES string of the molecule is Cc1ccc(Oc2ccc(COc3cc[nH]c(=O)c3)cc2)cc1F. The van der Waals surface area contributed by atoms with Crippen LogP contribution in [0.1, 0.15) is 11.1 Å². The zero-order chi connectivity index (χ0) is 16.9. The van der Waals surface area contributed by atoms with E-state index in [1.165, 1.54) is 18.3 Å². The molecule has 3 rings (SSSR count). The van der Waals surface area contributed by atoms with Crippen molar-refractivity contribution in [1.82, 2.24) is 4.98 Å². The summed E-state index contributed by atoms with van der Waals surface area (Å²) in [6, 6.07) is 15.1. The van der Waals surface area contributed by atoms with Crippen LogP contribution in [0.5, 0.6) is 17.2 Å². The molecule has 1 N–H and O–H groups in total. The second-order valence-corrected chi connectivity index (χ2v) is 5.33. The maximum atomic E-state index is 13.5. The number of benzene rings is 2. The summed E-state index contributed by atoms with van der Waals surface area (Å²) in [6.45, 7) is 2.04. The second-order valence-electron chi connectivity index (χ2n) is 5.33. The van der Waals surface area contributed by atoms with E-state index in [0.717, 1.165) is 5.56 Å². The van der Waals surface area contributed by atoms with Gasteiger partial charge in [-0.3, -0.25) is 4.79 Å². The molecule has 0 bridgehead atoms. The summed E-state index contributed by atoms with van der Waals surface area (Å²) in [4.78, 5) is 13.7. The highest BCUT2D eigenvalue weighted by Gasteiger charge is 2.03. The Morgan fingerprint density at radius 3 is 2.42 bits per heavy atom. The lowest BCUT2D eigenvalue weighted by molar-refractivity contribution is 0.305. The van der Waals surface area contributed by atoms with Crippen molar-refractivity contribution in [2.45, 2.75) is 13.5 Å². The number of nitrogens with one attached hydrogen (secondary N) is 1. The number of aromatic nitrogens is 1. The largest absolute Gasteiger partial charge is 0.489 e. The van der Waals surface area contributed by atoms with Crippen LogP contribution in [0.25, 0.3) is 0 Å². The predicted molar refractivity (Wildman–Crippen MR) is 89.0 cm³/mol. The molecule has 0 radical (unpaired) electrons. The standard InChI is InChI=1S/C19H16FNO3/c1-13-2-5-17(10-18(13)20)24-15-6-3-14(4-7-15)12-23-16-8-9-21-19(22)11-16/h2-11H,12H2,1H3,(H,21,22). The highest BCUT2D eigenvalue weighted by atomic mass is 19.1. The number of H-pyrrole nitrogens is 1. The van der Waals surface area contributed by atoms with Gasteiger partial charge in [-0.05, 0) is 42.3 Å². The van der Waals surface area contributed by atoms with Gasteiger partial charge in [0.15, 0.2) is 0 Å². The van der Waals surface area contributed by atoms with Crippen LogP contribution >= 0.6 is 0 Å². The van der Waals surface area contributed by atoms with E-state index in [0.29, 0.717) is 29.4 Å². The van der Waals surface area contributed by atoms with Crippen LogP contribution in [0, 0.1) is 12.7 Å². The average Bonchev–Trinajstić information content (AvgIpc) is 2.58. The lowest BCUT2D eigenvalue weighted by atomic mass is 10.2. The molecule has 0 aliphatic rings. The molecule has 1 aromatic heterocycles. The van der Waals surface area contributed by atoms with Gasteiger partial charge in [-0.2, -0.15) is 0 Å². The Morgan fingerprint density at radius 1 is 0.958 bits per heavy atom. The fraction of sp³-hybridized carbons (Fsp3) is 0.105. The summed E-state index contributed by atoms with van der Waals surface area (Å²) in [6.07, 6.45) is 1.54. The Balaban J connectivity index is 1.62. The summed E-state index contributed by atoms with van der Waals surface area (Å²) in [5.74, 6) is 1.27. The summed E-state index contributed by atoms with van der Waals surface area (Å²) in [5, 5.41) is 0. The van der Waals surface area contributed by atoms with Crippen molar-refractivity contribution in [2.24, 2.45) is 0 Å². The predicted octanol–water partition coefficient (Wildman–Crippen LogP) is 4.19. The number of ether oxygens (including phenoxy) is 2. The minimum atomic E-state index is -0.296. The quantitative estimate of drug-likeness (QED) is 0.765. The third-order valence-electron chi connectivity index (χ3n) is 3.45. The van der Waals surface area contributed by atoms with Crippen LogP contribution in [0.3, 0.4) is 0 Å². The molecule has 0 saturated heterocycles. The van der Waals surface area contributed by atoms with E-state index in [1.54, 1.807) is 37.3 Å². The molecule has 0 aliphatic carbocycles. The molecule has 2 aromatic carbocycles. The molecule has 0 unspecified atom stereocenters. The van der Waals surface area contributed by atoms with E-state index in [9.17, 15) is 9.18 Å². The van der Waals surface area contributed by atoms with Gasteiger partial charge in [-0.1, -0.05) is 18.2 Å². The highest BCUT2D eigenvalue weighted by molar-refractivity contribution is 5.35. The Morgan fingerprint density at radius 2 is 1.71 bits per heavy atom. The maximum absolute atomic E-state index is 13.5. The van der Waals surface area contributed by atoms with E-state index in [1.807, 2.05) is 12.1 Å². The van der Waals surface area contributed by atoms with Crippen molar-refractivity contribution < 1.29 is 13.9 Å². The van der Waals surface area contributed by atoms with E-state index in [4.69, 9.17) is 9.47 Å². The smallest absolute Gasteiger partial charge is 0.251 e. The van der Waals surface area contributed by atoms with Gasteiger partial charge < -0.3 is 14.5 Å². The number of rotatable bonds is 5. The van der Waals surface area contributed by atoms with Crippen LogP contribution in [0.2, 0.25) is 0 Å². The molecule has 0 fully saturated rings. The first kappa shape index (κ1) is 15.8. The van der Waals surface area contributed by atoms with Crippen molar-refractivity contribution in [2.75, 3.05) is 0 Å². The van der Waals surface area contributed by atoms with Gasteiger partial charge in [0.05, 0.1) is 0 Å². The molecule has 0 amide bonds. The van der Waals surface area contributed by atoms with Crippen LogP contribution < -0.4 is 15.0 Å². The van der Waals surface area contributed by atoms with Crippen molar-refractivity contribution in [3.05, 3.63) is 88.1 Å². The van der Waals surface area contributed by atoms with Gasteiger partial charge in [-0.15, -0.1) is 0 Å². The number of halogens is 1. The summed E-state index contributed by atoms with van der Waals surface area (Å²) in [7, 11) is 0. The molecule has 0 atom stereocenters. The van der Waals surface area contributed by atoms with Crippen molar-refractivity contribution >= 4 is 0 Å². The fourth-order valence-electron chi connectivity index (χ4n) is 2.11. The number of pyridine rings is 1. The summed E-state index contributed by atoms with van der Waals surface area (Å²) < 4.78 is 24.7. The molecule has 3 aromatic rings. The van der Waals surface area contributed by atoms with Gasteiger partial charge in [0, 0.05) is 18.3 Å². The lowest BCUT2D eigenvalue weighted by Gasteiger charge is -2.09. The lowest BCUT2D eigenvalue weighted by Crippen LogP contribution is -2.04. The molecule has 0 spiro atoms. The van der Waals surface area contributed by atoms with E-state index in [-0.39, 0.29) is 11.4 Å². The molecule has 1 heterocycles.